The molecule has 0 bridgehead atoms. The molecule has 7 nitrogen and oxygen atoms in total. The number of carbonyl (C=O) groups is 1. The SMILES string of the molecule is Cc1ccc(-c2cc(-c3ccccc3)nc(SCC(=O)c3c(=O)o[nH][n+]3C)c2C#N)cc1. The number of rotatable bonds is 6. The number of aromatic nitrogens is 3. The van der Waals surface area contributed by atoms with E-state index in [-0.39, 0.29) is 11.4 Å². The number of nitriles is 1. The van der Waals surface area contributed by atoms with Crippen LogP contribution in [0.1, 0.15) is 21.6 Å². The van der Waals surface area contributed by atoms with Gasteiger partial charge < -0.3 is 0 Å². The lowest BCUT2D eigenvalue weighted by atomic mass is 9.98. The van der Waals surface area contributed by atoms with Crippen molar-refractivity contribution in [3.63, 3.8) is 0 Å². The van der Waals surface area contributed by atoms with Crippen LogP contribution in [0.5, 0.6) is 0 Å². The van der Waals surface area contributed by atoms with Crippen LogP contribution in [0.3, 0.4) is 0 Å². The molecule has 0 aliphatic heterocycles. The largest absolute Gasteiger partial charge is 0.438 e. The summed E-state index contributed by atoms with van der Waals surface area (Å²) in [7, 11) is 1.52. The minimum Gasteiger partial charge on any atom is -0.286 e. The lowest BCUT2D eigenvalue weighted by molar-refractivity contribution is -0.741. The number of benzene rings is 2. The Hall–Kier alpha value is -3.96. The molecule has 0 radical (unpaired) electrons. The number of carbonyl (C=O) groups excluding carboxylic acids is 1. The minimum absolute atomic E-state index is 0.0658. The van der Waals surface area contributed by atoms with Gasteiger partial charge in [-0.2, -0.15) is 5.26 Å². The number of nitrogens with one attached hydrogen (secondary N) is 1. The second-order valence-electron chi connectivity index (χ2n) is 7.18. The Morgan fingerprint density at radius 2 is 1.88 bits per heavy atom. The highest BCUT2D eigenvalue weighted by molar-refractivity contribution is 8.00. The van der Waals surface area contributed by atoms with Gasteiger partial charge in [0.2, 0.25) is 5.78 Å². The Labute approximate surface area is 188 Å². The molecule has 0 aliphatic rings. The smallest absolute Gasteiger partial charge is 0.286 e. The van der Waals surface area contributed by atoms with Crippen molar-refractivity contribution in [1.82, 2.24) is 10.3 Å². The van der Waals surface area contributed by atoms with Gasteiger partial charge in [0, 0.05) is 11.1 Å². The Bertz CT molecular complexity index is 1380. The van der Waals surface area contributed by atoms with Crippen molar-refractivity contribution >= 4 is 17.5 Å². The number of nitrogens with zero attached hydrogens (tertiary/aromatic N) is 3. The summed E-state index contributed by atoms with van der Waals surface area (Å²) in [5.74, 6) is -0.482. The first-order valence-electron chi connectivity index (χ1n) is 9.79. The summed E-state index contributed by atoms with van der Waals surface area (Å²) < 4.78 is 5.90. The fourth-order valence-electron chi connectivity index (χ4n) is 3.30. The van der Waals surface area contributed by atoms with Gasteiger partial charge in [-0.05, 0) is 23.8 Å². The van der Waals surface area contributed by atoms with E-state index in [0.717, 1.165) is 34.0 Å². The first-order valence-corrected chi connectivity index (χ1v) is 10.8. The summed E-state index contributed by atoms with van der Waals surface area (Å²) in [5, 5.41) is 12.7. The molecule has 0 spiro atoms. The lowest BCUT2D eigenvalue weighted by Gasteiger charge is -2.12. The van der Waals surface area contributed by atoms with Crippen molar-refractivity contribution in [2.24, 2.45) is 7.05 Å². The van der Waals surface area contributed by atoms with Crippen molar-refractivity contribution in [2.45, 2.75) is 11.9 Å². The van der Waals surface area contributed by atoms with Gasteiger partial charge in [-0.15, -0.1) is 0 Å². The summed E-state index contributed by atoms with van der Waals surface area (Å²) in [6, 6.07) is 21.7. The normalized spacial score (nSPS) is 10.7. The van der Waals surface area contributed by atoms with Crippen LogP contribution < -0.4 is 10.3 Å². The summed E-state index contributed by atoms with van der Waals surface area (Å²) in [5.41, 5.74) is 3.90. The van der Waals surface area contributed by atoms with Gasteiger partial charge >= 0.3 is 11.3 Å². The number of aryl methyl sites for hydroxylation is 2. The maximum atomic E-state index is 12.6. The van der Waals surface area contributed by atoms with E-state index in [1.54, 1.807) is 0 Å². The third-order valence-electron chi connectivity index (χ3n) is 4.94. The molecule has 2 aromatic carbocycles. The third-order valence-corrected chi connectivity index (χ3v) is 5.91. The molecule has 158 valence electrons. The van der Waals surface area contributed by atoms with Crippen LogP contribution in [0, 0.1) is 18.3 Å². The minimum atomic E-state index is -0.732. The molecular formula is C24H19N4O3S+. The first-order chi connectivity index (χ1) is 15.5. The number of ketones is 1. The molecule has 2 heterocycles. The maximum Gasteiger partial charge on any atom is 0.438 e. The van der Waals surface area contributed by atoms with Crippen molar-refractivity contribution < 1.29 is 14.0 Å². The molecular weight excluding hydrogens is 424 g/mol. The lowest BCUT2D eigenvalue weighted by Crippen LogP contribution is -2.39. The van der Waals surface area contributed by atoms with Crippen LogP contribution in [-0.4, -0.2) is 21.8 Å². The number of hydrogen-bond donors (Lipinski definition) is 1. The van der Waals surface area contributed by atoms with Crippen molar-refractivity contribution in [3.05, 3.63) is 87.9 Å². The Morgan fingerprint density at radius 1 is 1.16 bits per heavy atom. The van der Waals surface area contributed by atoms with Crippen LogP contribution in [0.4, 0.5) is 0 Å². The van der Waals surface area contributed by atoms with Crippen molar-refractivity contribution in [3.8, 4) is 28.5 Å². The summed E-state index contributed by atoms with van der Waals surface area (Å²) >= 11 is 1.13. The van der Waals surface area contributed by atoms with Crippen molar-refractivity contribution in [2.75, 3.05) is 5.75 Å². The molecule has 0 atom stereocenters. The Balaban J connectivity index is 1.79. The number of thioether (sulfide) groups is 1. The number of aromatic amines is 1. The third kappa shape index (κ3) is 4.24. The molecule has 0 unspecified atom stereocenters. The van der Waals surface area contributed by atoms with Crippen LogP contribution in [0.25, 0.3) is 22.4 Å². The molecule has 2 aromatic heterocycles. The Morgan fingerprint density at radius 3 is 2.50 bits per heavy atom. The van der Waals surface area contributed by atoms with E-state index < -0.39 is 11.4 Å². The van der Waals surface area contributed by atoms with Crippen LogP contribution in [-0.2, 0) is 7.05 Å². The van der Waals surface area contributed by atoms with Crippen LogP contribution in [0.2, 0.25) is 0 Å². The van der Waals surface area contributed by atoms with E-state index in [9.17, 15) is 14.9 Å². The van der Waals surface area contributed by atoms with E-state index >= 15 is 0 Å². The second-order valence-corrected chi connectivity index (χ2v) is 8.14. The molecule has 0 fully saturated rings. The first kappa shape index (κ1) is 21.3. The van der Waals surface area contributed by atoms with Gasteiger partial charge in [-0.1, -0.05) is 76.6 Å². The molecule has 1 N–H and O–H groups in total. The van der Waals surface area contributed by atoms with E-state index in [0.29, 0.717) is 16.3 Å². The molecule has 0 aliphatic carbocycles. The van der Waals surface area contributed by atoms with Gasteiger partial charge in [-0.3, -0.25) is 9.32 Å². The quantitative estimate of drug-likeness (QED) is 0.277. The molecule has 32 heavy (non-hydrogen) atoms. The molecule has 0 saturated carbocycles. The van der Waals surface area contributed by atoms with E-state index in [1.165, 1.54) is 11.7 Å². The number of H-pyrrole nitrogens is 1. The van der Waals surface area contributed by atoms with Gasteiger partial charge in [0.15, 0.2) is 7.05 Å². The fourth-order valence-corrected chi connectivity index (χ4v) is 4.16. The van der Waals surface area contributed by atoms with Gasteiger partial charge in [0.05, 0.1) is 17.0 Å². The molecule has 0 saturated heterocycles. The number of hydrogen-bond acceptors (Lipinski definition) is 6. The predicted molar refractivity (Wildman–Crippen MR) is 120 cm³/mol. The summed E-state index contributed by atoms with van der Waals surface area (Å²) in [6.07, 6.45) is 0. The van der Waals surface area contributed by atoms with Crippen LogP contribution >= 0.6 is 11.8 Å². The van der Waals surface area contributed by atoms with Crippen molar-refractivity contribution in [1.29, 1.82) is 5.26 Å². The summed E-state index contributed by atoms with van der Waals surface area (Å²) in [4.78, 5) is 29.1. The molecule has 4 aromatic rings. The highest BCUT2D eigenvalue weighted by atomic mass is 32.2. The zero-order chi connectivity index (χ0) is 22.7. The van der Waals surface area contributed by atoms with E-state index in [1.807, 2.05) is 67.6 Å². The fraction of sp³-hybridized carbons (Fsp3) is 0.125. The van der Waals surface area contributed by atoms with Crippen LogP contribution in [0.15, 0.2) is 75.0 Å². The number of Topliss-reactive ketones (excluding diaryl/α,β-unsaturated/α-hetero) is 1. The topological polar surface area (TPSA) is 104 Å². The monoisotopic (exact) mass is 443 g/mol. The standard InChI is InChI=1S/C24H18N4O3S/c1-15-8-10-16(11-9-15)18-12-20(17-6-4-3-5-7-17)26-23(19(18)13-25)32-14-21(29)22-24(30)31-27-28(22)2/h3-12H,14H2,1-2H3/p+1. The Kier molecular flexibility index (Phi) is 6.01. The molecule has 4 rings (SSSR count). The van der Waals surface area contributed by atoms with E-state index in [2.05, 4.69) is 20.8 Å². The highest BCUT2D eigenvalue weighted by Gasteiger charge is 2.27. The van der Waals surface area contributed by atoms with E-state index in [4.69, 9.17) is 0 Å². The number of pyridine rings is 1. The second kappa shape index (κ2) is 9.04. The average Bonchev–Trinajstić information content (AvgIpc) is 3.15. The highest BCUT2D eigenvalue weighted by Crippen LogP contribution is 2.34. The summed E-state index contributed by atoms with van der Waals surface area (Å²) in [6.45, 7) is 2.00. The zero-order valence-electron chi connectivity index (χ0n) is 17.5. The zero-order valence-corrected chi connectivity index (χ0v) is 18.3. The van der Waals surface area contributed by atoms with Gasteiger partial charge in [-0.25, -0.2) is 9.78 Å². The molecule has 8 heteroatoms. The maximum absolute atomic E-state index is 12.6. The average molecular weight is 444 g/mol. The van der Waals surface area contributed by atoms with Gasteiger partial charge in [0.25, 0.3) is 0 Å². The molecule has 0 amide bonds. The predicted octanol–water partition coefficient (Wildman–Crippen LogP) is 3.68. The van der Waals surface area contributed by atoms with Gasteiger partial charge in [0.1, 0.15) is 11.1 Å².